The van der Waals surface area contributed by atoms with Crippen LogP contribution in [0.3, 0.4) is 0 Å². The van der Waals surface area contributed by atoms with E-state index in [9.17, 15) is 26.3 Å². The van der Waals surface area contributed by atoms with E-state index in [2.05, 4.69) is 15.5 Å². The molecule has 0 unspecified atom stereocenters. The fourth-order valence-corrected chi connectivity index (χ4v) is 2.50. The van der Waals surface area contributed by atoms with E-state index in [0.29, 0.717) is 22.3 Å². The third-order valence-corrected chi connectivity index (χ3v) is 3.63. The van der Waals surface area contributed by atoms with Crippen molar-refractivity contribution >= 4 is 0 Å². The summed E-state index contributed by atoms with van der Waals surface area (Å²) < 4.78 is 81.0. The van der Waals surface area contributed by atoms with Crippen molar-refractivity contribution in [3.8, 4) is 33.8 Å². The van der Waals surface area contributed by atoms with Crippen molar-refractivity contribution in [2.75, 3.05) is 0 Å². The summed E-state index contributed by atoms with van der Waals surface area (Å²) >= 11 is 0. The molecule has 0 aliphatic rings. The van der Waals surface area contributed by atoms with Crippen molar-refractivity contribution in [2.24, 2.45) is 0 Å². The molecule has 0 bridgehead atoms. The van der Waals surface area contributed by atoms with Crippen molar-refractivity contribution < 1.29 is 35.8 Å². The zero-order valence-electron chi connectivity index (χ0n) is 13.9. The smallest absolute Gasteiger partial charge is 0.406 e. The average molecular weight is 397 g/mol. The first kappa shape index (κ1) is 19.6. The van der Waals surface area contributed by atoms with Crippen LogP contribution in [0.4, 0.5) is 26.3 Å². The van der Waals surface area contributed by atoms with Gasteiger partial charge in [0.2, 0.25) is 0 Å². The lowest BCUT2D eigenvalue weighted by Gasteiger charge is -2.11. The normalized spacial score (nSPS) is 11.9. The van der Waals surface area contributed by atoms with Crippen LogP contribution in [-0.4, -0.2) is 12.7 Å². The number of alkyl halides is 6. The summed E-state index contributed by atoms with van der Waals surface area (Å²) in [6, 6.07) is 18.6. The highest BCUT2D eigenvalue weighted by Crippen LogP contribution is 2.30. The molecule has 0 amide bonds. The van der Waals surface area contributed by atoms with Crippen molar-refractivity contribution in [1.29, 1.82) is 0 Å². The Hall–Kier alpha value is -3.16. The van der Waals surface area contributed by atoms with Crippen molar-refractivity contribution in [3.63, 3.8) is 0 Å². The number of hydrogen-bond donors (Lipinski definition) is 0. The van der Waals surface area contributed by atoms with Crippen LogP contribution in [0.25, 0.3) is 22.3 Å². The van der Waals surface area contributed by atoms with Gasteiger partial charge in [0.15, 0.2) is 0 Å². The molecule has 0 aliphatic carbocycles. The summed E-state index contributed by atoms with van der Waals surface area (Å²) in [5.41, 5.74) is 2.60. The quantitative estimate of drug-likeness (QED) is 0.461. The first-order chi connectivity index (χ1) is 13.1. The lowest BCUT2D eigenvalue weighted by Crippen LogP contribution is -2.16. The third-order valence-electron chi connectivity index (χ3n) is 3.63. The van der Waals surface area contributed by atoms with Crippen LogP contribution in [0.2, 0.25) is 0 Å². The lowest BCUT2D eigenvalue weighted by atomic mass is 9.99. The second-order valence-electron chi connectivity index (χ2n) is 5.65. The maximum Gasteiger partial charge on any atom is 0.573 e. The van der Waals surface area contributed by atoms with Crippen LogP contribution in [-0.2, 0) is 0 Å². The van der Waals surface area contributed by atoms with E-state index in [1.165, 1.54) is 48.5 Å². The molecule has 1 radical (unpaired) electrons. The molecule has 28 heavy (non-hydrogen) atoms. The summed E-state index contributed by atoms with van der Waals surface area (Å²) in [4.78, 5) is 0. The van der Waals surface area contributed by atoms with Crippen molar-refractivity contribution in [2.45, 2.75) is 12.7 Å². The topological polar surface area (TPSA) is 18.5 Å². The fourth-order valence-electron chi connectivity index (χ4n) is 2.50. The first-order valence-corrected chi connectivity index (χ1v) is 7.83. The van der Waals surface area contributed by atoms with Gasteiger partial charge in [-0.25, -0.2) is 0 Å². The van der Waals surface area contributed by atoms with Gasteiger partial charge >= 0.3 is 12.7 Å². The molecule has 3 aromatic carbocycles. The van der Waals surface area contributed by atoms with E-state index in [1.807, 2.05) is 0 Å². The standard InChI is InChI=1S/C20H11F6O2/c21-19(22,23)27-17-8-4-13(5-9-17)15-2-1-3-16(12-15)14-6-10-18(11-7-14)28-20(24,25)26/h2-12H. The van der Waals surface area contributed by atoms with Gasteiger partial charge in [0.1, 0.15) is 11.5 Å². The van der Waals surface area contributed by atoms with Crippen molar-refractivity contribution in [1.82, 2.24) is 0 Å². The van der Waals surface area contributed by atoms with E-state index < -0.39 is 12.7 Å². The summed E-state index contributed by atoms with van der Waals surface area (Å²) in [5, 5.41) is 0. The summed E-state index contributed by atoms with van der Waals surface area (Å²) in [6.07, 6.45) is -9.53. The highest BCUT2D eigenvalue weighted by atomic mass is 19.4. The second-order valence-corrected chi connectivity index (χ2v) is 5.65. The Morgan fingerprint density at radius 3 is 1.21 bits per heavy atom. The third kappa shape index (κ3) is 5.42. The van der Waals surface area contributed by atoms with Gasteiger partial charge in [0.25, 0.3) is 0 Å². The molecule has 0 atom stereocenters. The highest BCUT2D eigenvalue weighted by molar-refractivity contribution is 5.73. The van der Waals surface area contributed by atoms with Crippen LogP contribution in [0.5, 0.6) is 11.5 Å². The van der Waals surface area contributed by atoms with Crippen LogP contribution < -0.4 is 9.47 Å². The highest BCUT2D eigenvalue weighted by Gasteiger charge is 2.31. The molecule has 0 N–H and O–H groups in total. The predicted molar refractivity (Wildman–Crippen MR) is 89.5 cm³/mol. The second kappa shape index (κ2) is 7.46. The van der Waals surface area contributed by atoms with E-state index in [1.54, 1.807) is 18.2 Å². The van der Waals surface area contributed by atoms with Gasteiger partial charge < -0.3 is 9.47 Å². The van der Waals surface area contributed by atoms with E-state index in [4.69, 9.17) is 0 Å². The molecule has 2 nitrogen and oxygen atoms in total. The zero-order chi connectivity index (χ0) is 20.4. The Labute approximate surface area is 155 Å². The summed E-state index contributed by atoms with van der Waals surface area (Å²) in [7, 11) is 0. The van der Waals surface area contributed by atoms with Gasteiger partial charge in [-0.05, 0) is 70.8 Å². The number of ether oxygens (including phenoxy) is 2. The molecular formula is C20H11F6O2. The molecule has 0 saturated carbocycles. The van der Waals surface area contributed by atoms with Gasteiger partial charge in [0.05, 0.1) is 0 Å². The Bertz CT molecular complexity index is 854. The number of halogens is 6. The average Bonchev–Trinajstić information content (AvgIpc) is 2.60. The van der Waals surface area contributed by atoms with Gasteiger partial charge in [-0.3, -0.25) is 0 Å². The van der Waals surface area contributed by atoms with Gasteiger partial charge in [-0.1, -0.05) is 24.3 Å². The summed E-state index contributed by atoms with van der Waals surface area (Å²) in [5.74, 6) is -0.673. The van der Waals surface area contributed by atoms with E-state index in [0.717, 1.165) is 0 Å². The molecule has 0 fully saturated rings. The largest absolute Gasteiger partial charge is 0.573 e. The zero-order valence-corrected chi connectivity index (χ0v) is 13.9. The van der Waals surface area contributed by atoms with Crippen LogP contribution in [0.1, 0.15) is 0 Å². The predicted octanol–water partition coefficient (Wildman–Crippen LogP) is 6.62. The van der Waals surface area contributed by atoms with Gasteiger partial charge in [0, 0.05) is 0 Å². The Morgan fingerprint density at radius 1 is 0.536 bits per heavy atom. The molecule has 0 aliphatic heterocycles. The minimum atomic E-state index is -4.77. The Balaban J connectivity index is 1.80. The Morgan fingerprint density at radius 2 is 0.893 bits per heavy atom. The van der Waals surface area contributed by atoms with Crippen LogP contribution >= 0.6 is 0 Å². The molecular weight excluding hydrogens is 386 g/mol. The Kier molecular flexibility index (Phi) is 5.22. The maximum atomic E-state index is 12.2. The van der Waals surface area contributed by atoms with Gasteiger partial charge in [-0.15, -0.1) is 26.3 Å². The SMILES string of the molecule is FC(F)(F)Oc1ccc(-c2c[c]cc(-c3ccc(OC(F)(F)F)cc3)c2)cc1. The molecule has 0 saturated heterocycles. The molecule has 8 heteroatoms. The van der Waals surface area contributed by atoms with E-state index in [-0.39, 0.29) is 11.5 Å². The molecule has 0 heterocycles. The fraction of sp³-hybridized carbons (Fsp3) is 0.100. The van der Waals surface area contributed by atoms with Crippen LogP contribution in [0, 0.1) is 6.07 Å². The lowest BCUT2D eigenvalue weighted by molar-refractivity contribution is -0.275. The minimum absolute atomic E-state index is 0.336. The van der Waals surface area contributed by atoms with Gasteiger partial charge in [-0.2, -0.15) is 0 Å². The number of rotatable bonds is 4. The number of benzene rings is 3. The minimum Gasteiger partial charge on any atom is -0.406 e. The molecule has 0 aromatic heterocycles. The first-order valence-electron chi connectivity index (χ1n) is 7.83. The van der Waals surface area contributed by atoms with Crippen molar-refractivity contribution in [3.05, 3.63) is 72.8 Å². The number of hydrogen-bond acceptors (Lipinski definition) is 2. The monoisotopic (exact) mass is 397 g/mol. The molecule has 145 valence electrons. The molecule has 3 aromatic rings. The van der Waals surface area contributed by atoms with Crippen LogP contribution in [0.15, 0.2) is 66.7 Å². The maximum absolute atomic E-state index is 12.2. The molecule has 0 spiro atoms. The summed E-state index contributed by atoms with van der Waals surface area (Å²) in [6.45, 7) is 0. The molecule has 3 rings (SSSR count). The van der Waals surface area contributed by atoms with E-state index >= 15 is 0 Å².